The van der Waals surface area contributed by atoms with Gasteiger partial charge in [-0.25, -0.2) is 0 Å². The zero-order chi connectivity index (χ0) is 99.8. The number of fused-ring (bicyclic) bond motifs is 9. The molecule has 27 aromatic rings. The van der Waals surface area contributed by atoms with Crippen LogP contribution in [-0.4, -0.2) is 0 Å². The zero-order valence-electron chi connectivity index (χ0n) is 82.2. The molecule has 24 aromatic carbocycles. The maximum absolute atomic E-state index is 6.47. The third kappa shape index (κ3) is 18.3. The van der Waals surface area contributed by atoms with Crippen molar-refractivity contribution in [1.29, 1.82) is 0 Å². The zero-order valence-corrected chi connectivity index (χ0v) is 82.2. The normalized spacial score (nSPS) is 11.2. The first-order valence-corrected chi connectivity index (χ1v) is 51.1. The Morgan fingerprint density at radius 1 is 0.100 bits per heavy atom. The van der Waals surface area contributed by atoms with Crippen LogP contribution < -0.4 is 14.7 Å². The second-order valence-electron chi connectivity index (χ2n) is 37.5. The summed E-state index contributed by atoms with van der Waals surface area (Å²) in [7, 11) is 0. The molecule has 0 amide bonds. The predicted molar refractivity (Wildman–Crippen MR) is 630 cm³/mol. The van der Waals surface area contributed by atoms with Gasteiger partial charge in [-0.05, 0) is 203 Å². The van der Waals surface area contributed by atoms with Crippen molar-refractivity contribution in [3.63, 3.8) is 0 Å². The first-order valence-electron chi connectivity index (χ1n) is 51.1. The molecule has 0 fully saturated rings. The lowest BCUT2D eigenvalue weighted by Gasteiger charge is -2.30. The first kappa shape index (κ1) is 91.3. The highest BCUT2D eigenvalue weighted by Gasteiger charge is 2.29. The van der Waals surface area contributed by atoms with Crippen LogP contribution in [0.15, 0.2) is 614 Å². The molecule has 0 bridgehead atoms. The highest BCUT2D eigenvalue weighted by Crippen LogP contribution is 2.53. The molecule has 3 heterocycles. The molecule has 0 radical (unpaired) electrons. The van der Waals surface area contributed by atoms with Crippen molar-refractivity contribution in [1.82, 2.24) is 0 Å². The molecule has 0 aliphatic heterocycles. The van der Waals surface area contributed by atoms with Gasteiger partial charge in [0.2, 0.25) is 0 Å². The summed E-state index contributed by atoms with van der Waals surface area (Å²) in [6.45, 7) is 0. The van der Waals surface area contributed by atoms with Gasteiger partial charge in [0, 0.05) is 101 Å². The molecule has 6 nitrogen and oxygen atoms in total. The van der Waals surface area contributed by atoms with Crippen molar-refractivity contribution in [3.05, 3.63) is 601 Å². The molecule has 0 aliphatic carbocycles. The molecule has 150 heavy (non-hydrogen) atoms. The van der Waals surface area contributed by atoms with E-state index in [4.69, 9.17) is 13.3 Å². The topological polar surface area (TPSA) is 49.1 Å². The lowest BCUT2D eigenvalue weighted by Crippen LogP contribution is -2.12. The number of anilines is 9. The smallest absolute Gasteiger partial charge is 0.137 e. The number of benzene rings is 24. The molecular weight excluding hydrogens is 1820 g/mol. The summed E-state index contributed by atoms with van der Waals surface area (Å²) in [5, 5.41) is 6.69. The SMILES string of the molecule is c1ccc(-c2ccc(-c3ccccc3N(c3ccc4c(c3)oc3ccccc34)c3ccccc3-c3ccc(-c4ccccc4)cc3)cc2)cc1.c1ccc(-c2cccc(-c3ccccc3N(c3ccc4c(c3)oc3ccccc34)c3ccccc3-c3cccc(-c4ccccc4)c3)c2)cc1.c1ccc(-c2ccccc2-c2ccccc2N(c2ccc3c(c2)oc2ccccc23)c2ccccc2-c2ccccc2-c2ccccc2)cc1. The summed E-state index contributed by atoms with van der Waals surface area (Å²) >= 11 is 0. The van der Waals surface area contributed by atoms with E-state index in [9.17, 15) is 0 Å². The predicted octanol–water partition coefficient (Wildman–Crippen LogP) is 41.2. The Kier molecular flexibility index (Phi) is 25.2. The monoisotopic (exact) mass is 1920 g/mol. The summed E-state index contributed by atoms with van der Waals surface area (Å²) in [6.07, 6.45) is 0. The van der Waals surface area contributed by atoms with Crippen LogP contribution in [0.1, 0.15) is 0 Å². The molecule has 0 saturated carbocycles. The molecule has 0 spiro atoms. The second kappa shape index (κ2) is 41.4. The van der Waals surface area contributed by atoms with Gasteiger partial charge in [0.1, 0.15) is 33.5 Å². The number of furan rings is 3. The third-order valence-corrected chi connectivity index (χ3v) is 28.5. The van der Waals surface area contributed by atoms with E-state index in [1.165, 1.54) is 77.9 Å². The standard InChI is InChI=1S/3C48H33NO/c1-3-15-34(16-4-1)36-19-13-21-38(31-36)41-23-7-10-26-45(41)49(40-29-30-44-43-25-9-12-28-47(43)50-48(44)33-40)46-27-11-8-24-42(46)39-22-14-20-37(32-39)35-17-5-2-6-18-35;1-3-13-34(14-4-1)36-23-27-38(28-24-36)41-17-7-10-20-45(41)49(40-31-32-44-43-19-9-12-22-47(43)50-48(44)33-40)46-21-11-8-18-42(46)39-29-25-37(26-30-39)35-15-5-2-6-16-35;1-3-17-34(18-4-1)37-21-7-9-23-39(37)41-25-11-14-28-45(41)49(36-31-32-44-43-27-13-16-30-47(43)50-48(44)33-36)46-29-15-12-26-42(46)40-24-10-8-22-38(40)35-19-5-2-6-20-35/h3*1-33H. The molecule has 6 heteroatoms. The Balaban J connectivity index is 0.000000116. The van der Waals surface area contributed by atoms with Crippen LogP contribution in [0.4, 0.5) is 51.2 Å². The summed E-state index contributed by atoms with van der Waals surface area (Å²) in [5.41, 5.74) is 43.0. The molecule has 708 valence electrons. The lowest BCUT2D eigenvalue weighted by molar-refractivity contribution is 0.668. The fourth-order valence-electron chi connectivity index (χ4n) is 21.3. The molecule has 0 atom stereocenters. The molecule has 0 N–H and O–H groups in total. The van der Waals surface area contributed by atoms with Crippen LogP contribution in [0, 0.1) is 0 Å². The highest BCUT2D eigenvalue weighted by atomic mass is 16.3. The number of rotatable bonds is 21. The number of hydrogen-bond donors (Lipinski definition) is 0. The van der Waals surface area contributed by atoms with Gasteiger partial charge in [-0.1, -0.05) is 479 Å². The maximum atomic E-state index is 6.47. The average molecular weight is 1920 g/mol. The van der Waals surface area contributed by atoms with Gasteiger partial charge in [0.05, 0.1) is 34.1 Å². The van der Waals surface area contributed by atoms with Gasteiger partial charge in [-0.3, -0.25) is 0 Å². The Hall–Kier alpha value is -19.9. The summed E-state index contributed by atoms with van der Waals surface area (Å²) in [6, 6.07) is 213. The maximum Gasteiger partial charge on any atom is 0.137 e. The van der Waals surface area contributed by atoms with Crippen LogP contribution in [-0.2, 0) is 0 Å². The highest BCUT2D eigenvalue weighted by molar-refractivity contribution is 6.11. The molecule has 27 rings (SSSR count). The third-order valence-electron chi connectivity index (χ3n) is 28.5. The fourth-order valence-corrected chi connectivity index (χ4v) is 21.3. The van der Waals surface area contributed by atoms with Crippen LogP contribution in [0.25, 0.3) is 199 Å². The largest absolute Gasteiger partial charge is 0.456 e. The molecule has 0 saturated heterocycles. The van der Waals surface area contributed by atoms with E-state index >= 15 is 0 Å². The number of nitrogens with zero attached hydrogens (tertiary/aromatic N) is 3. The Morgan fingerprint density at radius 2 is 0.287 bits per heavy atom. The van der Waals surface area contributed by atoms with Crippen molar-refractivity contribution >= 4 is 117 Å². The van der Waals surface area contributed by atoms with Gasteiger partial charge in [0.25, 0.3) is 0 Å². The molecule has 0 unspecified atom stereocenters. The summed E-state index contributed by atoms with van der Waals surface area (Å²) in [4.78, 5) is 7.18. The van der Waals surface area contributed by atoms with Gasteiger partial charge < -0.3 is 28.0 Å². The van der Waals surface area contributed by atoms with E-state index in [-0.39, 0.29) is 0 Å². The first-order chi connectivity index (χ1) is 74.4. The number of hydrogen-bond acceptors (Lipinski definition) is 6. The minimum absolute atomic E-state index is 0.859. The number of para-hydroxylation sites is 9. The minimum Gasteiger partial charge on any atom is -0.456 e. The van der Waals surface area contributed by atoms with E-state index in [0.717, 1.165) is 173 Å². The van der Waals surface area contributed by atoms with Crippen molar-refractivity contribution in [2.45, 2.75) is 0 Å². The quantitative estimate of drug-likeness (QED) is 0.0715. The van der Waals surface area contributed by atoms with Crippen molar-refractivity contribution < 1.29 is 13.3 Å². The minimum atomic E-state index is 0.859. The van der Waals surface area contributed by atoms with Crippen molar-refractivity contribution in [2.24, 2.45) is 0 Å². The van der Waals surface area contributed by atoms with Crippen LogP contribution in [0.3, 0.4) is 0 Å². The van der Waals surface area contributed by atoms with Crippen molar-refractivity contribution in [3.8, 4) is 134 Å². The Morgan fingerprint density at radius 3 is 0.587 bits per heavy atom. The van der Waals surface area contributed by atoms with Crippen LogP contribution >= 0.6 is 0 Å². The van der Waals surface area contributed by atoms with Crippen LogP contribution in [0.2, 0.25) is 0 Å². The van der Waals surface area contributed by atoms with Crippen LogP contribution in [0.5, 0.6) is 0 Å². The van der Waals surface area contributed by atoms with E-state index in [2.05, 4.69) is 579 Å². The van der Waals surface area contributed by atoms with Gasteiger partial charge >= 0.3 is 0 Å². The average Bonchev–Trinajstić information content (AvgIpc) is 1.26. The molecular formula is C144H99N3O3. The van der Waals surface area contributed by atoms with E-state index < -0.39 is 0 Å². The Labute approximate surface area is 872 Å². The van der Waals surface area contributed by atoms with E-state index in [1.54, 1.807) is 0 Å². The molecule has 3 aromatic heterocycles. The summed E-state index contributed by atoms with van der Waals surface area (Å²) in [5.74, 6) is 0. The van der Waals surface area contributed by atoms with E-state index in [0.29, 0.717) is 0 Å². The van der Waals surface area contributed by atoms with Gasteiger partial charge in [-0.2, -0.15) is 0 Å². The second-order valence-corrected chi connectivity index (χ2v) is 37.5. The van der Waals surface area contributed by atoms with Gasteiger partial charge in [-0.15, -0.1) is 0 Å². The Bertz CT molecular complexity index is 9130. The van der Waals surface area contributed by atoms with Crippen molar-refractivity contribution in [2.75, 3.05) is 14.7 Å². The van der Waals surface area contributed by atoms with E-state index in [1.807, 2.05) is 36.4 Å². The molecule has 0 aliphatic rings. The fraction of sp³-hybridized carbons (Fsp3) is 0. The van der Waals surface area contributed by atoms with Gasteiger partial charge in [0.15, 0.2) is 0 Å². The summed E-state index contributed by atoms with van der Waals surface area (Å²) < 4.78 is 19.3. The lowest BCUT2D eigenvalue weighted by atomic mass is 9.91.